The van der Waals surface area contributed by atoms with Gasteiger partial charge < -0.3 is 20.4 Å². The smallest absolute Gasteiger partial charge is 0.269 e. The largest absolute Gasteiger partial charge is 0.394 e. The van der Waals surface area contributed by atoms with Crippen molar-refractivity contribution in [2.75, 3.05) is 12.0 Å². The van der Waals surface area contributed by atoms with E-state index in [0.29, 0.717) is 5.69 Å². The monoisotopic (exact) mass is 285 g/mol. The average Bonchev–Trinajstić information content (AvgIpc) is 2.45. The molecule has 5 N–H and O–H groups in total. The van der Waals surface area contributed by atoms with Gasteiger partial charge >= 0.3 is 0 Å². The minimum absolute atomic E-state index is 0.0685. The van der Waals surface area contributed by atoms with Gasteiger partial charge in [-0.05, 0) is 12.1 Å². The van der Waals surface area contributed by atoms with Crippen molar-refractivity contribution in [2.24, 2.45) is 5.10 Å². The predicted octanol–water partition coefficient (Wildman–Crippen LogP) is -0.933. The van der Waals surface area contributed by atoms with E-state index in [4.69, 9.17) is 10.2 Å². The molecule has 0 aliphatic carbocycles. The number of hydrazone groups is 1. The highest BCUT2D eigenvalue weighted by molar-refractivity contribution is 5.65. The summed E-state index contributed by atoms with van der Waals surface area (Å²) in [6, 6.07) is 5.39. The van der Waals surface area contributed by atoms with Gasteiger partial charge in [0.25, 0.3) is 5.69 Å². The van der Waals surface area contributed by atoms with Crippen molar-refractivity contribution in [1.82, 2.24) is 0 Å². The molecule has 0 saturated heterocycles. The molecule has 0 bridgehead atoms. The van der Waals surface area contributed by atoms with Crippen molar-refractivity contribution in [2.45, 2.75) is 18.3 Å². The lowest BCUT2D eigenvalue weighted by Crippen LogP contribution is -2.40. The predicted molar refractivity (Wildman–Crippen MR) is 70.3 cm³/mol. The Hall–Kier alpha value is -2.07. The van der Waals surface area contributed by atoms with E-state index in [2.05, 4.69) is 10.5 Å². The number of nitro benzene ring substituents is 1. The number of aliphatic hydroxyl groups excluding tert-OH is 4. The number of hydrogen-bond donors (Lipinski definition) is 5. The zero-order valence-corrected chi connectivity index (χ0v) is 10.3. The molecule has 0 spiro atoms. The fourth-order valence-corrected chi connectivity index (χ4v) is 1.27. The highest BCUT2D eigenvalue weighted by Crippen LogP contribution is 2.15. The minimum atomic E-state index is -1.57. The van der Waals surface area contributed by atoms with Crippen LogP contribution in [0.15, 0.2) is 29.4 Å². The van der Waals surface area contributed by atoms with Crippen LogP contribution >= 0.6 is 0 Å². The van der Waals surface area contributed by atoms with E-state index >= 15 is 0 Å². The van der Waals surface area contributed by atoms with Crippen LogP contribution in [0.5, 0.6) is 0 Å². The first-order valence-corrected chi connectivity index (χ1v) is 5.64. The van der Waals surface area contributed by atoms with Gasteiger partial charge in [0.05, 0.1) is 23.4 Å². The Bertz CT molecular complexity index is 464. The van der Waals surface area contributed by atoms with Crippen LogP contribution in [-0.4, -0.2) is 56.5 Å². The molecule has 0 unspecified atom stereocenters. The van der Waals surface area contributed by atoms with E-state index in [1.165, 1.54) is 24.3 Å². The summed E-state index contributed by atoms with van der Waals surface area (Å²) in [5.74, 6) is 0. The molecule has 0 amide bonds. The fraction of sp³-hybridized carbons (Fsp3) is 0.364. The van der Waals surface area contributed by atoms with Crippen molar-refractivity contribution in [3.63, 3.8) is 0 Å². The third kappa shape index (κ3) is 4.55. The first-order chi connectivity index (χ1) is 9.45. The van der Waals surface area contributed by atoms with Gasteiger partial charge in [-0.25, -0.2) is 0 Å². The molecule has 0 aliphatic heterocycles. The molecule has 1 aromatic rings. The molecule has 0 radical (unpaired) electrons. The van der Waals surface area contributed by atoms with Crippen LogP contribution in [0.1, 0.15) is 0 Å². The topological polar surface area (TPSA) is 148 Å². The van der Waals surface area contributed by atoms with E-state index < -0.39 is 29.8 Å². The third-order valence-corrected chi connectivity index (χ3v) is 2.43. The summed E-state index contributed by atoms with van der Waals surface area (Å²) in [5, 5.41) is 50.5. The van der Waals surface area contributed by atoms with Crippen LogP contribution in [0.2, 0.25) is 0 Å². The summed E-state index contributed by atoms with van der Waals surface area (Å²) in [6.45, 7) is -0.693. The number of non-ortho nitro benzene ring substituents is 1. The number of rotatable bonds is 7. The van der Waals surface area contributed by atoms with Gasteiger partial charge in [0.2, 0.25) is 0 Å². The van der Waals surface area contributed by atoms with Crippen molar-refractivity contribution in [3.8, 4) is 0 Å². The summed E-state index contributed by atoms with van der Waals surface area (Å²) >= 11 is 0. The van der Waals surface area contributed by atoms with E-state index in [1.807, 2.05) is 0 Å². The maximum atomic E-state index is 10.4. The number of nitro groups is 1. The van der Waals surface area contributed by atoms with Gasteiger partial charge in [-0.2, -0.15) is 5.10 Å². The molecule has 9 nitrogen and oxygen atoms in total. The Balaban J connectivity index is 2.53. The molecule has 3 atom stereocenters. The minimum Gasteiger partial charge on any atom is -0.394 e. The standard InChI is InChI=1S/C11H15N3O6/c15-6-10(17)11(18)9(16)5-12-13-7-1-3-8(4-2-7)14(19)20/h1-5,9-11,13,15-18H,6H2/b12-5-/t9-,10+,11-/m0/s1. The fourth-order valence-electron chi connectivity index (χ4n) is 1.27. The zero-order chi connectivity index (χ0) is 15.1. The van der Waals surface area contributed by atoms with Crippen LogP contribution in [-0.2, 0) is 0 Å². The van der Waals surface area contributed by atoms with Crippen molar-refractivity contribution < 1.29 is 25.3 Å². The number of benzene rings is 1. The quantitative estimate of drug-likeness (QED) is 0.247. The SMILES string of the molecule is O=[N+]([O-])c1ccc(N/N=C\[C@H](O)[C@H](O)[C@H](O)CO)cc1. The Labute approximate surface area is 114 Å². The van der Waals surface area contributed by atoms with E-state index in [0.717, 1.165) is 6.21 Å². The molecule has 1 aromatic carbocycles. The molecule has 0 aromatic heterocycles. The first-order valence-electron chi connectivity index (χ1n) is 5.64. The lowest BCUT2D eigenvalue weighted by atomic mass is 10.1. The number of anilines is 1. The maximum Gasteiger partial charge on any atom is 0.269 e. The molecule has 20 heavy (non-hydrogen) atoms. The summed E-state index contributed by atoms with van der Waals surface area (Å²) in [7, 11) is 0. The Morgan fingerprint density at radius 1 is 1.30 bits per heavy atom. The Morgan fingerprint density at radius 2 is 1.90 bits per heavy atom. The van der Waals surface area contributed by atoms with Crippen molar-refractivity contribution >= 4 is 17.6 Å². The molecule has 0 aliphatic rings. The van der Waals surface area contributed by atoms with Crippen molar-refractivity contribution in [1.29, 1.82) is 0 Å². The van der Waals surface area contributed by atoms with E-state index in [-0.39, 0.29) is 5.69 Å². The lowest BCUT2D eigenvalue weighted by Gasteiger charge is -2.18. The molecule has 0 heterocycles. The van der Waals surface area contributed by atoms with Crippen LogP contribution in [0, 0.1) is 10.1 Å². The van der Waals surface area contributed by atoms with Gasteiger partial charge in [0.1, 0.15) is 18.3 Å². The molecule has 9 heteroatoms. The molecule has 0 saturated carbocycles. The van der Waals surface area contributed by atoms with E-state index in [9.17, 15) is 20.3 Å². The summed E-state index contributed by atoms with van der Waals surface area (Å²) in [4.78, 5) is 9.90. The average molecular weight is 285 g/mol. The molecule has 1 rings (SSSR count). The van der Waals surface area contributed by atoms with Crippen LogP contribution in [0.25, 0.3) is 0 Å². The van der Waals surface area contributed by atoms with Crippen molar-refractivity contribution in [3.05, 3.63) is 34.4 Å². The zero-order valence-electron chi connectivity index (χ0n) is 10.3. The molecule has 0 fully saturated rings. The van der Waals surface area contributed by atoms with Gasteiger partial charge in [-0.15, -0.1) is 0 Å². The summed E-state index contributed by atoms with van der Waals surface area (Å²) < 4.78 is 0. The van der Waals surface area contributed by atoms with Gasteiger partial charge in [-0.3, -0.25) is 15.5 Å². The first kappa shape index (κ1) is 16.0. The second-order valence-electron chi connectivity index (χ2n) is 3.93. The highest BCUT2D eigenvalue weighted by Gasteiger charge is 2.22. The Morgan fingerprint density at radius 3 is 2.40 bits per heavy atom. The second-order valence-corrected chi connectivity index (χ2v) is 3.93. The van der Waals surface area contributed by atoms with Gasteiger partial charge in [0, 0.05) is 12.1 Å². The summed E-state index contributed by atoms with van der Waals surface area (Å²) in [6.07, 6.45) is -3.58. The number of aliphatic hydroxyl groups is 4. The van der Waals surface area contributed by atoms with Crippen LogP contribution in [0.3, 0.4) is 0 Å². The van der Waals surface area contributed by atoms with E-state index in [1.54, 1.807) is 0 Å². The van der Waals surface area contributed by atoms with Gasteiger partial charge in [0.15, 0.2) is 0 Å². The lowest BCUT2D eigenvalue weighted by molar-refractivity contribution is -0.384. The number of hydrogen-bond acceptors (Lipinski definition) is 8. The molecular weight excluding hydrogens is 270 g/mol. The van der Waals surface area contributed by atoms with Crippen LogP contribution < -0.4 is 5.43 Å². The normalized spacial score (nSPS) is 15.8. The second kappa shape index (κ2) is 7.50. The van der Waals surface area contributed by atoms with Gasteiger partial charge in [-0.1, -0.05) is 0 Å². The number of nitrogens with zero attached hydrogens (tertiary/aromatic N) is 2. The number of nitrogens with one attached hydrogen (secondary N) is 1. The molecular formula is C11H15N3O6. The third-order valence-electron chi connectivity index (χ3n) is 2.43. The van der Waals surface area contributed by atoms with Crippen LogP contribution in [0.4, 0.5) is 11.4 Å². The Kier molecular flexibility index (Phi) is 6.00. The molecule has 110 valence electrons. The maximum absolute atomic E-state index is 10.4. The summed E-state index contributed by atoms with van der Waals surface area (Å²) in [5.41, 5.74) is 2.86. The highest BCUT2D eigenvalue weighted by atomic mass is 16.6.